The van der Waals surface area contributed by atoms with Gasteiger partial charge in [-0.15, -0.1) is 0 Å². The Hall–Kier alpha value is -0.540. The molecule has 1 N–H and O–H groups in total. The van der Waals surface area contributed by atoms with Gasteiger partial charge in [-0.1, -0.05) is 5.57 Å². The van der Waals surface area contributed by atoms with Gasteiger partial charge in [-0.05, 0) is 60.1 Å². The average Bonchev–Trinajstić information content (AvgIpc) is 2.53. The molecular formula is C10H12BrNO. The number of rotatable bonds is 1. The van der Waals surface area contributed by atoms with E-state index >= 15 is 0 Å². The third-order valence-corrected chi connectivity index (χ3v) is 2.61. The number of nitrogens with one attached hydrogen (secondary N) is 1. The minimum absolute atomic E-state index is 0.799. The molecule has 2 heterocycles. The van der Waals surface area contributed by atoms with Crippen LogP contribution in [0.2, 0.25) is 0 Å². The van der Waals surface area contributed by atoms with Gasteiger partial charge in [-0.3, -0.25) is 0 Å². The number of furan rings is 1. The fourth-order valence-electron chi connectivity index (χ4n) is 1.50. The third-order valence-electron chi connectivity index (χ3n) is 2.19. The first-order valence-corrected chi connectivity index (χ1v) is 5.29. The molecule has 0 radical (unpaired) electrons. The van der Waals surface area contributed by atoms with E-state index in [1.165, 1.54) is 5.57 Å². The van der Waals surface area contributed by atoms with Gasteiger partial charge in [0, 0.05) is 0 Å². The van der Waals surface area contributed by atoms with Crippen LogP contribution in [0.5, 0.6) is 0 Å². The Labute approximate surface area is 86.1 Å². The first-order chi connectivity index (χ1) is 6.34. The van der Waals surface area contributed by atoms with Gasteiger partial charge in [0.05, 0.1) is 0 Å². The SMILES string of the molecule is Brc1ccc(C=C2CCNCC2)o1. The maximum absolute atomic E-state index is 5.41. The molecule has 0 amide bonds. The smallest absolute Gasteiger partial charge is 0.169 e. The molecule has 1 saturated heterocycles. The number of hydrogen-bond acceptors (Lipinski definition) is 2. The number of piperidine rings is 1. The van der Waals surface area contributed by atoms with E-state index in [9.17, 15) is 0 Å². The van der Waals surface area contributed by atoms with Crippen LogP contribution in [0.15, 0.2) is 26.8 Å². The lowest BCUT2D eigenvalue weighted by atomic mass is 10.0. The second-order valence-electron chi connectivity index (χ2n) is 3.19. The Kier molecular flexibility index (Phi) is 2.86. The van der Waals surface area contributed by atoms with Crippen LogP contribution in [0.1, 0.15) is 18.6 Å². The van der Waals surface area contributed by atoms with Crippen LogP contribution in [-0.4, -0.2) is 13.1 Å². The van der Waals surface area contributed by atoms with Crippen molar-refractivity contribution in [1.29, 1.82) is 0 Å². The highest BCUT2D eigenvalue weighted by Gasteiger charge is 2.05. The number of hydrogen-bond donors (Lipinski definition) is 1. The van der Waals surface area contributed by atoms with Gasteiger partial charge in [0.2, 0.25) is 0 Å². The van der Waals surface area contributed by atoms with Gasteiger partial charge in [-0.25, -0.2) is 0 Å². The molecule has 0 atom stereocenters. The van der Waals surface area contributed by atoms with Gasteiger partial charge in [0.25, 0.3) is 0 Å². The second kappa shape index (κ2) is 4.11. The monoisotopic (exact) mass is 241 g/mol. The largest absolute Gasteiger partial charge is 0.450 e. The standard InChI is InChI=1S/C10H12BrNO/c11-10-2-1-9(13-10)7-8-3-5-12-6-4-8/h1-2,7,12H,3-6H2. The fraction of sp³-hybridized carbons (Fsp3) is 0.400. The zero-order chi connectivity index (χ0) is 9.10. The zero-order valence-electron chi connectivity index (χ0n) is 7.35. The predicted molar refractivity (Wildman–Crippen MR) is 56.5 cm³/mol. The van der Waals surface area contributed by atoms with Crippen LogP contribution in [0.25, 0.3) is 6.08 Å². The quantitative estimate of drug-likeness (QED) is 0.819. The summed E-state index contributed by atoms with van der Waals surface area (Å²) < 4.78 is 6.21. The summed E-state index contributed by atoms with van der Waals surface area (Å²) in [4.78, 5) is 0. The summed E-state index contributed by atoms with van der Waals surface area (Å²) in [6.45, 7) is 2.18. The van der Waals surface area contributed by atoms with Crippen molar-refractivity contribution in [2.24, 2.45) is 0 Å². The predicted octanol–water partition coefficient (Wildman–Crippen LogP) is 2.81. The molecule has 0 unspecified atom stereocenters. The van der Waals surface area contributed by atoms with Crippen molar-refractivity contribution in [1.82, 2.24) is 5.32 Å². The van der Waals surface area contributed by atoms with E-state index in [1.54, 1.807) is 0 Å². The zero-order valence-corrected chi connectivity index (χ0v) is 8.93. The average molecular weight is 242 g/mol. The molecular weight excluding hydrogens is 230 g/mol. The van der Waals surface area contributed by atoms with Crippen LogP contribution in [-0.2, 0) is 0 Å². The van der Waals surface area contributed by atoms with Crippen LogP contribution in [0.3, 0.4) is 0 Å². The minimum atomic E-state index is 0.799. The van der Waals surface area contributed by atoms with E-state index in [1.807, 2.05) is 12.1 Å². The summed E-state index contributed by atoms with van der Waals surface area (Å²) in [6, 6.07) is 3.91. The summed E-state index contributed by atoms with van der Waals surface area (Å²) in [7, 11) is 0. The van der Waals surface area contributed by atoms with Gasteiger partial charge in [0.1, 0.15) is 5.76 Å². The lowest BCUT2D eigenvalue weighted by Gasteiger charge is -2.14. The molecule has 1 fully saturated rings. The van der Waals surface area contributed by atoms with Crippen molar-refractivity contribution in [3.63, 3.8) is 0 Å². The van der Waals surface area contributed by atoms with Crippen LogP contribution in [0, 0.1) is 0 Å². The van der Waals surface area contributed by atoms with Crippen molar-refractivity contribution < 1.29 is 4.42 Å². The fourth-order valence-corrected chi connectivity index (χ4v) is 1.82. The summed E-state index contributed by atoms with van der Waals surface area (Å²) in [5, 5.41) is 3.32. The molecule has 3 heteroatoms. The van der Waals surface area contributed by atoms with Gasteiger partial charge >= 0.3 is 0 Å². The van der Waals surface area contributed by atoms with E-state index in [4.69, 9.17) is 4.42 Å². The normalized spacial score (nSPS) is 17.5. The summed E-state index contributed by atoms with van der Waals surface area (Å²) in [5.74, 6) is 0.948. The van der Waals surface area contributed by atoms with Gasteiger partial charge < -0.3 is 9.73 Å². The van der Waals surface area contributed by atoms with Crippen LogP contribution >= 0.6 is 15.9 Å². The van der Waals surface area contributed by atoms with Crippen molar-refractivity contribution >= 4 is 22.0 Å². The lowest BCUT2D eigenvalue weighted by molar-refractivity contribution is 0.529. The summed E-state index contributed by atoms with van der Waals surface area (Å²) in [5.41, 5.74) is 1.47. The molecule has 0 spiro atoms. The van der Waals surface area contributed by atoms with E-state index in [2.05, 4.69) is 27.3 Å². The van der Waals surface area contributed by atoms with Crippen molar-refractivity contribution in [2.45, 2.75) is 12.8 Å². The topological polar surface area (TPSA) is 25.2 Å². The van der Waals surface area contributed by atoms with Gasteiger partial charge in [0.15, 0.2) is 4.67 Å². The van der Waals surface area contributed by atoms with Crippen molar-refractivity contribution in [3.05, 3.63) is 28.1 Å². The van der Waals surface area contributed by atoms with Crippen LogP contribution < -0.4 is 5.32 Å². The molecule has 2 nitrogen and oxygen atoms in total. The maximum Gasteiger partial charge on any atom is 0.169 e. The molecule has 1 aliphatic rings. The molecule has 2 rings (SSSR count). The van der Waals surface area contributed by atoms with E-state index in [0.29, 0.717) is 0 Å². The second-order valence-corrected chi connectivity index (χ2v) is 3.98. The lowest BCUT2D eigenvalue weighted by Crippen LogP contribution is -2.22. The Morgan fingerprint density at radius 2 is 2.08 bits per heavy atom. The minimum Gasteiger partial charge on any atom is -0.450 e. The first kappa shape index (κ1) is 9.03. The Morgan fingerprint density at radius 3 is 2.69 bits per heavy atom. The van der Waals surface area contributed by atoms with E-state index in [-0.39, 0.29) is 0 Å². The maximum atomic E-state index is 5.41. The highest BCUT2D eigenvalue weighted by Crippen LogP contribution is 2.19. The molecule has 0 aliphatic carbocycles. The molecule has 0 aromatic carbocycles. The molecule has 0 saturated carbocycles. The summed E-state index contributed by atoms with van der Waals surface area (Å²) >= 11 is 3.29. The molecule has 1 aliphatic heterocycles. The molecule has 13 heavy (non-hydrogen) atoms. The molecule has 1 aromatic heterocycles. The molecule has 0 bridgehead atoms. The Morgan fingerprint density at radius 1 is 1.31 bits per heavy atom. The highest BCUT2D eigenvalue weighted by molar-refractivity contribution is 9.10. The first-order valence-electron chi connectivity index (χ1n) is 4.50. The van der Waals surface area contributed by atoms with Gasteiger partial charge in [-0.2, -0.15) is 0 Å². The van der Waals surface area contributed by atoms with Crippen LogP contribution in [0.4, 0.5) is 0 Å². The van der Waals surface area contributed by atoms with Crippen molar-refractivity contribution in [2.75, 3.05) is 13.1 Å². The number of halogens is 1. The van der Waals surface area contributed by atoms with Crippen molar-refractivity contribution in [3.8, 4) is 0 Å². The molecule has 70 valence electrons. The summed E-state index contributed by atoms with van der Waals surface area (Å²) in [6.07, 6.45) is 4.42. The van der Waals surface area contributed by atoms with E-state index in [0.717, 1.165) is 36.4 Å². The third kappa shape index (κ3) is 2.45. The van der Waals surface area contributed by atoms with E-state index < -0.39 is 0 Å². The Balaban J connectivity index is 2.09. The highest BCUT2D eigenvalue weighted by atomic mass is 79.9. The Bertz CT molecular complexity index is 308. The molecule has 1 aromatic rings.